The van der Waals surface area contributed by atoms with Crippen LogP contribution < -0.4 is 9.80 Å². The molecule has 1 aliphatic heterocycles. The number of benzene rings is 3. The average Bonchev–Trinajstić information content (AvgIpc) is 3.03. The lowest BCUT2D eigenvalue weighted by Gasteiger charge is -2.25. The van der Waals surface area contributed by atoms with Gasteiger partial charge in [0.05, 0.1) is 12.1 Å². The maximum atomic E-state index is 13.3. The molecule has 1 heterocycles. The molecular formula is C24H22ClN2O2+. The Labute approximate surface area is 175 Å². The van der Waals surface area contributed by atoms with Crippen LogP contribution in [0.3, 0.4) is 0 Å². The van der Waals surface area contributed by atoms with Gasteiger partial charge in [0.25, 0.3) is 5.91 Å². The molecule has 1 aliphatic rings. The van der Waals surface area contributed by atoms with E-state index in [-0.39, 0.29) is 18.2 Å². The van der Waals surface area contributed by atoms with Crippen LogP contribution in [0.2, 0.25) is 5.02 Å². The lowest BCUT2D eigenvalue weighted by atomic mass is 10.1. The normalized spacial score (nSPS) is 16.6. The van der Waals surface area contributed by atoms with Crippen LogP contribution in [0.15, 0.2) is 84.9 Å². The Morgan fingerprint density at radius 2 is 1.41 bits per heavy atom. The fourth-order valence-corrected chi connectivity index (χ4v) is 4.05. The van der Waals surface area contributed by atoms with Gasteiger partial charge in [0.2, 0.25) is 5.91 Å². The minimum Gasteiger partial charge on any atom is -0.317 e. The zero-order valence-electron chi connectivity index (χ0n) is 15.9. The number of amides is 2. The summed E-state index contributed by atoms with van der Waals surface area (Å²) in [5.41, 5.74) is 2.81. The number of imide groups is 1. The molecule has 0 saturated carbocycles. The molecule has 4 nitrogen and oxygen atoms in total. The van der Waals surface area contributed by atoms with E-state index in [0.717, 1.165) is 16.0 Å². The van der Waals surface area contributed by atoms with Crippen LogP contribution in [0.1, 0.15) is 17.5 Å². The Hall–Kier alpha value is -2.95. The third-order valence-corrected chi connectivity index (χ3v) is 5.49. The van der Waals surface area contributed by atoms with E-state index in [1.54, 1.807) is 24.3 Å². The van der Waals surface area contributed by atoms with Crippen molar-refractivity contribution in [1.29, 1.82) is 0 Å². The molecular weight excluding hydrogens is 384 g/mol. The Bertz CT molecular complexity index is 966. The Balaban J connectivity index is 1.63. The minimum absolute atomic E-state index is 0.167. The molecule has 0 bridgehead atoms. The quantitative estimate of drug-likeness (QED) is 0.639. The van der Waals surface area contributed by atoms with Gasteiger partial charge in [-0.05, 0) is 18.2 Å². The van der Waals surface area contributed by atoms with Crippen molar-refractivity contribution in [3.05, 3.63) is 101 Å². The molecule has 3 aromatic rings. The number of hydrogen-bond acceptors (Lipinski definition) is 2. The molecule has 1 fully saturated rings. The zero-order chi connectivity index (χ0) is 20.2. The Kier molecular flexibility index (Phi) is 5.74. The summed E-state index contributed by atoms with van der Waals surface area (Å²) >= 11 is 6.08. The van der Waals surface area contributed by atoms with Crippen LogP contribution >= 0.6 is 11.6 Å². The number of nitrogens with one attached hydrogen (secondary N) is 1. The summed E-state index contributed by atoms with van der Waals surface area (Å²) in [4.78, 5) is 28.4. The van der Waals surface area contributed by atoms with E-state index >= 15 is 0 Å². The first-order chi connectivity index (χ1) is 14.1. The molecule has 3 aromatic carbocycles. The fourth-order valence-electron chi connectivity index (χ4n) is 3.86. The Morgan fingerprint density at radius 3 is 1.97 bits per heavy atom. The van der Waals surface area contributed by atoms with Crippen molar-refractivity contribution in [1.82, 2.24) is 0 Å². The monoisotopic (exact) mass is 405 g/mol. The number of carbonyl (C=O) groups is 2. The van der Waals surface area contributed by atoms with Crippen LogP contribution in [0.5, 0.6) is 0 Å². The van der Waals surface area contributed by atoms with Crippen molar-refractivity contribution in [2.24, 2.45) is 0 Å². The molecule has 0 radical (unpaired) electrons. The third kappa shape index (κ3) is 4.39. The van der Waals surface area contributed by atoms with Crippen LogP contribution in [0.4, 0.5) is 5.69 Å². The molecule has 1 atom stereocenters. The number of carbonyl (C=O) groups excluding carboxylic acids is 2. The molecule has 0 unspecified atom stereocenters. The maximum Gasteiger partial charge on any atom is 0.292 e. The second-order valence-corrected chi connectivity index (χ2v) is 7.72. The van der Waals surface area contributed by atoms with Gasteiger partial charge in [0.15, 0.2) is 6.04 Å². The molecule has 4 rings (SSSR count). The third-order valence-electron chi connectivity index (χ3n) is 5.25. The summed E-state index contributed by atoms with van der Waals surface area (Å²) in [6, 6.07) is 26.6. The van der Waals surface area contributed by atoms with E-state index in [0.29, 0.717) is 23.8 Å². The maximum absolute atomic E-state index is 13.3. The summed E-state index contributed by atoms with van der Waals surface area (Å²) in [6.07, 6.45) is 0.195. The highest BCUT2D eigenvalue weighted by atomic mass is 35.5. The summed E-state index contributed by atoms with van der Waals surface area (Å²) in [6.45, 7) is 1.34. The first kappa shape index (κ1) is 19.4. The van der Waals surface area contributed by atoms with Crippen LogP contribution in [0, 0.1) is 0 Å². The fraction of sp³-hybridized carbons (Fsp3) is 0.167. The van der Waals surface area contributed by atoms with Gasteiger partial charge in [0, 0.05) is 16.1 Å². The van der Waals surface area contributed by atoms with Crippen molar-refractivity contribution in [2.45, 2.75) is 25.6 Å². The van der Waals surface area contributed by atoms with Gasteiger partial charge >= 0.3 is 0 Å². The van der Waals surface area contributed by atoms with Gasteiger partial charge in [-0.25, -0.2) is 4.90 Å². The molecule has 29 heavy (non-hydrogen) atoms. The van der Waals surface area contributed by atoms with Gasteiger partial charge in [0.1, 0.15) is 13.1 Å². The smallest absolute Gasteiger partial charge is 0.292 e. The number of halogens is 1. The predicted molar refractivity (Wildman–Crippen MR) is 114 cm³/mol. The molecule has 1 N–H and O–H groups in total. The average molecular weight is 406 g/mol. The predicted octanol–water partition coefficient (Wildman–Crippen LogP) is 3.26. The highest BCUT2D eigenvalue weighted by Gasteiger charge is 2.45. The summed E-state index contributed by atoms with van der Waals surface area (Å²) in [5.74, 6) is -0.347. The molecule has 1 saturated heterocycles. The van der Waals surface area contributed by atoms with Crippen molar-refractivity contribution in [2.75, 3.05) is 4.90 Å². The van der Waals surface area contributed by atoms with Gasteiger partial charge in [-0.15, -0.1) is 0 Å². The van der Waals surface area contributed by atoms with E-state index in [4.69, 9.17) is 11.6 Å². The van der Waals surface area contributed by atoms with Crippen molar-refractivity contribution < 1.29 is 14.5 Å². The van der Waals surface area contributed by atoms with E-state index in [2.05, 4.69) is 24.3 Å². The standard InChI is InChI=1S/C24H21ClN2O2/c25-20-12-7-13-21(14-20)27-23(28)15-22(24(27)29)26(16-18-8-3-1-4-9-18)17-19-10-5-2-6-11-19/h1-14,22H,15-17H2/p+1/t22-/m0/s1. The first-order valence-electron chi connectivity index (χ1n) is 9.66. The molecule has 5 heteroatoms. The number of nitrogens with zero attached hydrogens (tertiary/aromatic N) is 1. The van der Waals surface area contributed by atoms with Gasteiger partial charge in [-0.2, -0.15) is 0 Å². The Morgan fingerprint density at radius 1 is 0.828 bits per heavy atom. The molecule has 0 aromatic heterocycles. The second kappa shape index (κ2) is 8.60. The lowest BCUT2D eigenvalue weighted by Crippen LogP contribution is -3.14. The summed E-state index contributed by atoms with van der Waals surface area (Å²) in [5, 5.41) is 0.504. The number of anilines is 1. The SMILES string of the molecule is O=C1C[C@H]([NH+](Cc2ccccc2)Cc2ccccc2)C(=O)N1c1cccc(Cl)c1. The van der Waals surface area contributed by atoms with E-state index < -0.39 is 6.04 Å². The minimum atomic E-state index is -0.429. The number of hydrogen-bond donors (Lipinski definition) is 1. The van der Waals surface area contributed by atoms with E-state index in [1.807, 2.05) is 36.4 Å². The van der Waals surface area contributed by atoms with Crippen molar-refractivity contribution in [3.63, 3.8) is 0 Å². The molecule has 146 valence electrons. The van der Waals surface area contributed by atoms with Crippen LogP contribution in [0.25, 0.3) is 0 Å². The highest BCUT2D eigenvalue weighted by Crippen LogP contribution is 2.25. The number of quaternary nitrogens is 1. The van der Waals surface area contributed by atoms with Crippen molar-refractivity contribution >= 4 is 29.1 Å². The first-order valence-corrected chi connectivity index (χ1v) is 10.0. The topological polar surface area (TPSA) is 41.8 Å². The molecule has 0 spiro atoms. The number of rotatable bonds is 6. The molecule has 2 amide bonds. The molecule has 0 aliphatic carbocycles. The van der Waals surface area contributed by atoms with Crippen LogP contribution in [-0.2, 0) is 22.7 Å². The van der Waals surface area contributed by atoms with Gasteiger partial charge < -0.3 is 4.90 Å². The highest BCUT2D eigenvalue weighted by molar-refractivity contribution is 6.31. The summed E-state index contributed by atoms with van der Waals surface area (Å²) < 4.78 is 0. The largest absolute Gasteiger partial charge is 0.317 e. The van der Waals surface area contributed by atoms with E-state index in [9.17, 15) is 9.59 Å². The van der Waals surface area contributed by atoms with Gasteiger partial charge in [-0.1, -0.05) is 78.3 Å². The van der Waals surface area contributed by atoms with E-state index in [1.165, 1.54) is 4.90 Å². The zero-order valence-corrected chi connectivity index (χ0v) is 16.7. The second-order valence-electron chi connectivity index (χ2n) is 7.29. The van der Waals surface area contributed by atoms with Gasteiger partial charge in [-0.3, -0.25) is 9.59 Å². The van der Waals surface area contributed by atoms with Crippen molar-refractivity contribution in [3.8, 4) is 0 Å². The van der Waals surface area contributed by atoms with Crippen LogP contribution in [-0.4, -0.2) is 17.9 Å². The summed E-state index contributed by atoms with van der Waals surface area (Å²) in [7, 11) is 0. The lowest BCUT2D eigenvalue weighted by molar-refractivity contribution is -0.942.